The van der Waals surface area contributed by atoms with Crippen LogP contribution in [0.5, 0.6) is 0 Å². The van der Waals surface area contributed by atoms with Crippen LogP contribution in [0.25, 0.3) is 0 Å². The molecule has 3 nitrogen and oxygen atoms in total. The van der Waals surface area contributed by atoms with Crippen molar-refractivity contribution in [1.82, 2.24) is 10.6 Å². The van der Waals surface area contributed by atoms with Gasteiger partial charge in [-0.25, -0.2) is 17.6 Å². The monoisotopic (exact) mass is 352 g/mol. The maximum atomic E-state index is 13.5. The van der Waals surface area contributed by atoms with Gasteiger partial charge in [-0.3, -0.25) is 4.79 Å². The number of amides is 1. The molecule has 2 aromatic rings. The molecule has 2 aromatic carbocycles. The molecule has 0 aromatic heterocycles. The van der Waals surface area contributed by atoms with Crippen molar-refractivity contribution in [2.75, 3.05) is 13.1 Å². The fourth-order valence-corrected chi connectivity index (χ4v) is 3.09. The van der Waals surface area contributed by atoms with Crippen LogP contribution in [0.15, 0.2) is 36.4 Å². The second kappa shape index (κ2) is 7.23. The molecule has 0 radical (unpaired) electrons. The second-order valence-corrected chi connectivity index (χ2v) is 6.01. The lowest BCUT2D eigenvalue weighted by Crippen LogP contribution is -2.50. The van der Waals surface area contributed by atoms with Gasteiger partial charge in [-0.15, -0.1) is 0 Å². The van der Waals surface area contributed by atoms with Gasteiger partial charge in [0, 0.05) is 30.1 Å². The third-order valence-electron chi connectivity index (χ3n) is 4.30. The normalized spacial score (nSPS) is 20.3. The number of halogens is 4. The number of nitrogens with one attached hydrogen (secondary N) is 2. The summed E-state index contributed by atoms with van der Waals surface area (Å²) < 4.78 is 53.2. The minimum atomic E-state index is -0.951. The molecule has 1 amide bonds. The van der Waals surface area contributed by atoms with E-state index in [0.29, 0.717) is 31.1 Å². The highest BCUT2D eigenvalue weighted by molar-refractivity contribution is 5.94. The van der Waals surface area contributed by atoms with Crippen LogP contribution in [-0.2, 0) is 0 Å². The predicted molar refractivity (Wildman–Crippen MR) is 84.2 cm³/mol. The molecule has 0 spiro atoms. The van der Waals surface area contributed by atoms with E-state index in [1.54, 1.807) is 0 Å². The van der Waals surface area contributed by atoms with Gasteiger partial charge in [-0.2, -0.15) is 0 Å². The highest BCUT2D eigenvalue weighted by atomic mass is 19.2. The Kier molecular flexibility index (Phi) is 5.03. The van der Waals surface area contributed by atoms with Crippen molar-refractivity contribution in [2.24, 2.45) is 0 Å². The van der Waals surface area contributed by atoms with E-state index in [0.717, 1.165) is 24.3 Å². The first-order valence-electron chi connectivity index (χ1n) is 7.86. The molecular formula is C18H16F4N2O. The standard InChI is InChI=1S/C18H16F4N2O/c19-12-5-11(6-13(20)8-12)18(25)24-17-9-23-4-3-14(17)10-1-2-15(21)16(22)7-10/h1-2,5-8,14,17,23H,3-4,9H2,(H,24,25). The lowest BCUT2D eigenvalue weighted by molar-refractivity contribution is 0.0923. The molecular weight excluding hydrogens is 336 g/mol. The molecule has 7 heteroatoms. The number of carbonyl (C=O) groups is 1. The summed E-state index contributed by atoms with van der Waals surface area (Å²) in [6.45, 7) is 1.07. The smallest absolute Gasteiger partial charge is 0.251 e. The summed E-state index contributed by atoms with van der Waals surface area (Å²) in [6.07, 6.45) is 0.605. The zero-order valence-corrected chi connectivity index (χ0v) is 13.2. The van der Waals surface area contributed by atoms with Crippen molar-refractivity contribution in [3.63, 3.8) is 0 Å². The minimum absolute atomic E-state index is 0.132. The van der Waals surface area contributed by atoms with E-state index in [2.05, 4.69) is 10.6 Å². The maximum absolute atomic E-state index is 13.5. The summed E-state index contributed by atoms with van der Waals surface area (Å²) in [5.74, 6) is -4.44. The Morgan fingerprint density at radius 1 is 1.00 bits per heavy atom. The lowest BCUT2D eigenvalue weighted by atomic mass is 9.85. The topological polar surface area (TPSA) is 41.1 Å². The molecule has 1 fully saturated rings. The van der Waals surface area contributed by atoms with Gasteiger partial charge in [-0.05, 0) is 42.8 Å². The fraction of sp³-hybridized carbons (Fsp3) is 0.278. The third-order valence-corrected chi connectivity index (χ3v) is 4.30. The number of benzene rings is 2. The van der Waals surface area contributed by atoms with Crippen LogP contribution < -0.4 is 10.6 Å². The van der Waals surface area contributed by atoms with E-state index in [9.17, 15) is 22.4 Å². The highest BCUT2D eigenvalue weighted by Gasteiger charge is 2.28. The summed E-state index contributed by atoms with van der Waals surface area (Å²) in [5.41, 5.74) is 0.434. The number of hydrogen-bond donors (Lipinski definition) is 2. The Morgan fingerprint density at radius 2 is 1.72 bits per heavy atom. The van der Waals surface area contributed by atoms with Gasteiger partial charge >= 0.3 is 0 Å². The summed E-state index contributed by atoms with van der Waals surface area (Å²) in [6, 6.07) is 5.80. The van der Waals surface area contributed by atoms with Crippen LogP contribution in [-0.4, -0.2) is 25.0 Å². The van der Waals surface area contributed by atoms with Gasteiger partial charge < -0.3 is 10.6 Å². The van der Waals surface area contributed by atoms with Crippen molar-refractivity contribution in [1.29, 1.82) is 0 Å². The van der Waals surface area contributed by atoms with E-state index >= 15 is 0 Å². The number of piperidine rings is 1. The highest BCUT2D eigenvalue weighted by Crippen LogP contribution is 2.27. The molecule has 1 aliphatic heterocycles. The van der Waals surface area contributed by atoms with E-state index in [1.165, 1.54) is 6.07 Å². The zero-order valence-electron chi connectivity index (χ0n) is 13.2. The van der Waals surface area contributed by atoms with E-state index in [4.69, 9.17) is 0 Å². The first kappa shape index (κ1) is 17.4. The molecule has 1 aliphatic rings. The molecule has 1 saturated heterocycles. The van der Waals surface area contributed by atoms with Crippen LogP contribution in [0.3, 0.4) is 0 Å². The second-order valence-electron chi connectivity index (χ2n) is 6.01. The Morgan fingerprint density at radius 3 is 2.40 bits per heavy atom. The minimum Gasteiger partial charge on any atom is -0.347 e. The Hall–Kier alpha value is -2.41. The SMILES string of the molecule is O=C(NC1CNCCC1c1ccc(F)c(F)c1)c1cc(F)cc(F)c1. The first-order chi connectivity index (χ1) is 11.9. The predicted octanol–water partition coefficient (Wildman–Crippen LogP) is 3.12. The molecule has 2 atom stereocenters. The zero-order chi connectivity index (χ0) is 18.0. The van der Waals surface area contributed by atoms with Gasteiger partial charge in [0.15, 0.2) is 11.6 Å². The van der Waals surface area contributed by atoms with Crippen LogP contribution in [0.1, 0.15) is 28.3 Å². The summed E-state index contributed by atoms with van der Waals surface area (Å²) in [4.78, 5) is 12.3. The maximum Gasteiger partial charge on any atom is 0.251 e. The molecule has 3 rings (SSSR count). The average Bonchev–Trinajstić information content (AvgIpc) is 2.57. The van der Waals surface area contributed by atoms with Gasteiger partial charge in [-0.1, -0.05) is 6.07 Å². The molecule has 2 N–H and O–H groups in total. The third kappa shape index (κ3) is 3.99. The van der Waals surface area contributed by atoms with Crippen molar-refractivity contribution in [3.05, 3.63) is 70.8 Å². The fourth-order valence-electron chi connectivity index (χ4n) is 3.09. The molecule has 2 unspecified atom stereocenters. The van der Waals surface area contributed by atoms with Gasteiger partial charge in [0.1, 0.15) is 11.6 Å². The van der Waals surface area contributed by atoms with E-state index in [1.807, 2.05) is 0 Å². The molecule has 25 heavy (non-hydrogen) atoms. The molecule has 0 aliphatic carbocycles. The Balaban J connectivity index is 1.81. The quantitative estimate of drug-likeness (QED) is 0.834. The van der Waals surface area contributed by atoms with Crippen LogP contribution in [0.4, 0.5) is 17.6 Å². The lowest BCUT2D eigenvalue weighted by Gasteiger charge is -2.33. The molecule has 0 saturated carbocycles. The van der Waals surface area contributed by atoms with Crippen molar-refractivity contribution < 1.29 is 22.4 Å². The molecule has 0 bridgehead atoms. The van der Waals surface area contributed by atoms with Crippen LogP contribution >= 0.6 is 0 Å². The number of rotatable bonds is 3. The van der Waals surface area contributed by atoms with E-state index < -0.39 is 35.2 Å². The van der Waals surface area contributed by atoms with E-state index in [-0.39, 0.29) is 11.5 Å². The van der Waals surface area contributed by atoms with Gasteiger partial charge in [0.25, 0.3) is 5.91 Å². The molecule has 1 heterocycles. The van der Waals surface area contributed by atoms with Crippen LogP contribution in [0.2, 0.25) is 0 Å². The average molecular weight is 352 g/mol. The number of carbonyl (C=O) groups excluding carboxylic acids is 1. The van der Waals surface area contributed by atoms with Gasteiger partial charge in [0.2, 0.25) is 0 Å². The molecule has 132 valence electrons. The van der Waals surface area contributed by atoms with Crippen molar-refractivity contribution >= 4 is 5.91 Å². The Labute approximate surface area is 142 Å². The van der Waals surface area contributed by atoms with Crippen molar-refractivity contribution in [2.45, 2.75) is 18.4 Å². The van der Waals surface area contributed by atoms with Gasteiger partial charge in [0.05, 0.1) is 0 Å². The first-order valence-corrected chi connectivity index (χ1v) is 7.86. The Bertz CT molecular complexity index is 776. The van der Waals surface area contributed by atoms with Crippen molar-refractivity contribution in [3.8, 4) is 0 Å². The largest absolute Gasteiger partial charge is 0.347 e. The summed E-state index contributed by atoms with van der Waals surface area (Å²) in [5, 5.41) is 5.83. The number of hydrogen-bond acceptors (Lipinski definition) is 2. The summed E-state index contributed by atoms with van der Waals surface area (Å²) >= 11 is 0. The van der Waals surface area contributed by atoms with Crippen LogP contribution in [0, 0.1) is 23.3 Å². The summed E-state index contributed by atoms with van der Waals surface area (Å²) in [7, 11) is 0.